The lowest BCUT2D eigenvalue weighted by Crippen LogP contribution is -2.46. The van der Waals surface area contributed by atoms with Crippen molar-refractivity contribution in [2.45, 2.75) is 75.6 Å². The topological polar surface area (TPSA) is 105 Å². The molecular weight excluding hydrogens is 404 g/mol. The number of carbonyl (C=O) groups excluding carboxylic acids is 1. The average Bonchev–Trinajstić information content (AvgIpc) is 3.25. The van der Waals surface area contributed by atoms with Crippen LogP contribution in [0.25, 0.3) is 0 Å². The first kappa shape index (κ1) is 21.0. The number of nitrogens with one attached hydrogen (secondary N) is 1. The summed E-state index contributed by atoms with van der Waals surface area (Å²) in [5.74, 6) is 0.902. The number of aryl methyl sites for hydroxylation is 2. The second kappa shape index (κ2) is 8.11. The van der Waals surface area contributed by atoms with E-state index in [1.807, 2.05) is 0 Å². The van der Waals surface area contributed by atoms with Crippen LogP contribution in [0.1, 0.15) is 68.6 Å². The Morgan fingerprint density at radius 1 is 1.10 bits per heavy atom. The molecule has 0 bridgehead atoms. The van der Waals surface area contributed by atoms with E-state index in [-0.39, 0.29) is 10.8 Å². The Bertz CT molecular complexity index is 1040. The summed E-state index contributed by atoms with van der Waals surface area (Å²) in [6.07, 6.45) is 6.51. The largest absolute Gasteiger partial charge is 0.340 e. The molecule has 1 aromatic heterocycles. The second-order valence-corrected chi connectivity index (χ2v) is 9.99. The zero-order chi connectivity index (χ0) is 21.4. The zero-order valence-electron chi connectivity index (χ0n) is 17.5. The maximum Gasteiger partial charge on any atom is 0.241 e. The molecule has 9 heteroatoms. The van der Waals surface area contributed by atoms with Crippen LogP contribution in [0.5, 0.6) is 0 Å². The van der Waals surface area contributed by atoms with E-state index < -0.39 is 15.6 Å². The first-order valence-electron chi connectivity index (χ1n) is 10.6. The Labute approximate surface area is 177 Å². The molecule has 1 N–H and O–H groups in total. The van der Waals surface area contributed by atoms with Crippen LogP contribution in [0.4, 0.5) is 5.69 Å². The molecule has 1 saturated carbocycles. The molecule has 0 spiro atoms. The Morgan fingerprint density at radius 2 is 1.83 bits per heavy atom. The molecule has 162 valence electrons. The molecule has 1 aliphatic carbocycles. The predicted molar refractivity (Wildman–Crippen MR) is 112 cm³/mol. The van der Waals surface area contributed by atoms with Crippen LogP contribution in [0.2, 0.25) is 0 Å². The van der Waals surface area contributed by atoms with Gasteiger partial charge >= 0.3 is 0 Å². The number of aromatic nitrogens is 2. The van der Waals surface area contributed by atoms with Crippen molar-refractivity contribution >= 4 is 21.6 Å². The van der Waals surface area contributed by atoms with E-state index in [9.17, 15) is 13.2 Å². The molecule has 1 amide bonds. The van der Waals surface area contributed by atoms with Gasteiger partial charge in [0.05, 0.1) is 10.4 Å². The van der Waals surface area contributed by atoms with Crippen molar-refractivity contribution in [2.24, 2.45) is 0 Å². The summed E-state index contributed by atoms with van der Waals surface area (Å²) in [5, 5.41) is 4.07. The number of hydrogen-bond acceptors (Lipinski definition) is 6. The van der Waals surface area contributed by atoms with Gasteiger partial charge in [-0.3, -0.25) is 4.79 Å². The van der Waals surface area contributed by atoms with Gasteiger partial charge in [0, 0.05) is 25.6 Å². The molecule has 1 aromatic carbocycles. The van der Waals surface area contributed by atoms with Gasteiger partial charge in [-0.1, -0.05) is 30.8 Å². The third kappa shape index (κ3) is 4.00. The van der Waals surface area contributed by atoms with Gasteiger partial charge in [0.1, 0.15) is 0 Å². The molecule has 1 aliphatic heterocycles. The van der Waals surface area contributed by atoms with E-state index in [1.54, 1.807) is 36.9 Å². The normalized spacial score (nSPS) is 19.8. The molecule has 2 aromatic rings. The van der Waals surface area contributed by atoms with E-state index in [2.05, 4.69) is 14.9 Å². The fraction of sp³-hybridized carbons (Fsp3) is 0.571. The number of nitrogens with zero attached hydrogens (tertiary/aromatic N) is 3. The van der Waals surface area contributed by atoms with Crippen LogP contribution in [-0.4, -0.2) is 31.0 Å². The number of amides is 1. The summed E-state index contributed by atoms with van der Waals surface area (Å²) in [5.41, 5.74) is 0.475. The van der Waals surface area contributed by atoms with Gasteiger partial charge in [-0.25, -0.2) is 8.42 Å². The van der Waals surface area contributed by atoms with Crippen LogP contribution >= 0.6 is 0 Å². The highest BCUT2D eigenvalue weighted by Gasteiger charge is 2.41. The third-order valence-corrected chi connectivity index (χ3v) is 7.77. The van der Waals surface area contributed by atoms with Crippen molar-refractivity contribution < 1.29 is 17.7 Å². The van der Waals surface area contributed by atoms with E-state index in [1.165, 1.54) is 0 Å². The Kier molecular flexibility index (Phi) is 5.67. The number of sulfonamides is 1. The molecular formula is C21H28N4O4S. The monoisotopic (exact) mass is 432 g/mol. The number of anilines is 1. The molecule has 4 rings (SSSR count). The highest BCUT2D eigenvalue weighted by molar-refractivity contribution is 7.89. The lowest BCUT2D eigenvalue weighted by Gasteiger charge is -2.30. The number of hydrogen-bond donors (Lipinski definition) is 1. The predicted octanol–water partition coefficient (Wildman–Crippen LogP) is 3.34. The van der Waals surface area contributed by atoms with Gasteiger partial charge in [0.2, 0.25) is 21.8 Å². The summed E-state index contributed by atoms with van der Waals surface area (Å²) >= 11 is 0. The van der Waals surface area contributed by atoms with Gasteiger partial charge in [-0.05, 0) is 49.9 Å². The number of rotatable bonds is 5. The third-order valence-electron chi connectivity index (χ3n) is 6.08. The first-order chi connectivity index (χ1) is 14.3. The molecule has 30 heavy (non-hydrogen) atoms. The molecule has 0 radical (unpaired) electrons. The maximum absolute atomic E-state index is 13.4. The average molecular weight is 433 g/mol. The van der Waals surface area contributed by atoms with Crippen molar-refractivity contribution in [3.05, 3.63) is 35.5 Å². The molecule has 2 aliphatic rings. The molecule has 2 fully saturated rings. The van der Waals surface area contributed by atoms with Crippen molar-refractivity contribution in [1.29, 1.82) is 0 Å². The molecule has 0 unspecified atom stereocenters. The van der Waals surface area contributed by atoms with Crippen LogP contribution < -0.4 is 9.62 Å². The minimum Gasteiger partial charge on any atom is -0.340 e. The first-order valence-corrected chi connectivity index (χ1v) is 12.0. The number of carbonyl (C=O) groups is 1. The fourth-order valence-electron chi connectivity index (χ4n) is 4.53. The highest BCUT2D eigenvalue weighted by atomic mass is 32.2. The molecule has 1 saturated heterocycles. The Hall–Kier alpha value is -2.26. The van der Waals surface area contributed by atoms with Crippen molar-refractivity contribution in [1.82, 2.24) is 14.9 Å². The number of benzene rings is 1. The van der Waals surface area contributed by atoms with Gasteiger partial charge < -0.3 is 9.42 Å². The van der Waals surface area contributed by atoms with Crippen LogP contribution in [0.3, 0.4) is 0 Å². The fourth-order valence-corrected chi connectivity index (χ4v) is 6.18. The van der Waals surface area contributed by atoms with Gasteiger partial charge in [-0.15, -0.1) is 0 Å². The minimum atomic E-state index is -3.83. The maximum atomic E-state index is 13.4. The molecule has 8 nitrogen and oxygen atoms in total. The Morgan fingerprint density at radius 3 is 2.40 bits per heavy atom. The summed E-state index contributed by atoms with van der Waals surface area (Å²) < 4.78 is 35.0. The van der Waals surface area contributed by atoms with Crippen LogP contribution in [-0.2, 0) is 20.4 Å². The van der Waals surface area contributed by atoms with Crippen molar-refractivity contribution in [3.8, 4) is 0 Å². The van der Waals surface area contributed by atoms with E-state index in [0.29, 0.717) is 43.1 Å². The second-order valence-electron chi connectivity index (χ2n) is 8.34. The summed E-state index contributed by atoms with van der Waals surface area (Å²) in [6, 6.07) is 5.07. The van der Waals surface area contributed by atoms with E-state index in [0.717, 1.165) is 37.8 Å². The molecule has 2 heterocycles. The molecule has 0 atom stereocenters. The van der Waals surface area contributed by atoms with Crippen molar-refractivity contribution in [2.75, 3.05) is 11.4 Å². The smallest absolute Gasteiger partial charge is 0.241 e. The van der Waals surface area contributed by atoms with Crippen molar-refractivity contribution in [3.63, 3.8) is 0 Å². The quantitative estimate of drug-likeness (QED) is 0.727. The van der Waals surface area contributed by atoms with Gasteiger partial charge in [-0.2, -0.15) is 9.71 Å². The minimum absolute atomic E-state index is 0.0769. The highest BCUT2D eigenvalue weighted by Crippen LogP contribution is 2.36. The zero-order valence-corrected chi connectivity index (χ0v) is 18.3. The van der Waals surface area contributed by atoms with Gasteiger partial charge in [0.25, 0.3) is 0 Å². The summed E-state index contributed by atoms with van der Waals surface area (Å²) in [6.45, 7) is 4.14. The summed E-state index contributed by atoms with van der Waals surface area (Å²) in [4.78, 5) is 18.3. The van der Waals surface area contributed by atoms with Gasteiger partial charge in [0.15, 0.2) is 5.82 Å². The summed E-state index contributed by atoms with van der Waals surface area (Å²) in [7, 11) is -3.83. The lowest BCUT2D eigenvalue weighted by molar-refractivity contribution is -0.117. The Balaban J connectivity index is 1.67. The van der Waals surface area contributed by atoms with E-state index >= 15 is 0 Å². The van der Waals surface area contributed by atoms with E-state index in [4.69, 9.17) is 4.52 Å². The van der Waals surface area contributed by atoms with Crippen LogP contribution in [0.15, 0.2) is 27.6 Å². The SMILES string of the molecule is Cc1nc(C2(NS(=O)(=O)c3ccc(N4CCCC4=O)cc3C)CCCCCC2)no1. The standard InChI is InChI=1S/C21H28N4O4S/c1-15-14-17(25-13-7-8-19(25)26)9-10-18(15)30(27,28)24-21(11-5-3-4-6-12-21)20-22-16(2)29-23-20/h9-10,14,24H,3-8,11-13H2,1-2H3. The lowest BCUT2D eigenvalue weighted by atomic mass is 9.91. The van der Waals surface area contributed by atoms with Crippen LogP contribution in [0, 0.1) is 13.8 Å².